The van der Waals surface area contributed by atoms with Crippen LogP contribution in [0.3, 0.4) is 0 Å². The molecule has 0 aliphatic heterocycles. The highest BCUT2D eigenvalue weighted by Crippen LogP contribution is 2.14. The molecule has 3 heteroatoms. The van der Waals surface area contributed by atoms with E-state index in [1.54, 1.807) is 6.07 Å². The monoisotopic (exact) mass is 222 g/mol. The van der Waals surface area contributed by atoms with Gasteiger partial charge >= 0.3 is 0 Å². The molecule has 3 nitrogen and oxygen atoms in total. The van der Waals surface area contributed by atoms with E-state index in [0.29, 0.717) is 0 Å². The minimum atomic E-state index is 0.738. The molecule has 0 spiro atoms. The summed E-state index contributed by atoms with van der Waals surface area (Å²) in [5, 5.41) is 0. The van der Waals surface area contributed by atoms with Crippen LogP contribution in [0.25, 0.3) is 0 Å². The smallest absolute Gasteiger partial charge is 0.0469 e. The molecule has 0 bridgehead atoms. The molecular weight excluding hydrogens is 200 g/mol. The maximum absolute atomic E-state index is 5.72. The van der Waals surface area contributed by atoms with Crippen LogP contribution in [0.2, 0.25) is 0 Å². The van der Waals surface area contributed by atoms with Crippen molar-refractivity contribution in [2.24, 2.45) is 0 Å². The van der Waals surface area contributed by atoms with Crippen LogP contribution in [-0.4, -0.2) is 13.2 Å². The molecule has 0 heterocycles. The zero-order valence-electron chi connectivity index (χ0n) is 10.0. The van der Waals surface area contributed by atoms with Crippen molar-refractivity contribution in [2.45, 2.75) is 32.6 Å². The van der Waals surface area contributed by atoms with Crippen LogP contribution in [0.4, 0.5) is 11.4 Å². The Bertz CT molecular complexity index is 293. The molecule has 1 aromatic carbocycles. The van der Waals surface area contributed by atoms with Crippen molar-refractivity contribution in [1.29, 1.82) is 0 Å². The first-order chi connectivity index (χ1) is 7.72. The van der Waals surface area contributed by atoms with Crippen molar-refractivity contribution in [3.8, 4) is 0 Å². The van der Waals surface area contributed by atoms with Gasteiger partial charge in [0.2, 0.25) is 0 Å². The van der Waals surface area contributed by atoms with Crippen LogP contribution in [0.15, 0.2) is 18.2 Å². The molecule has 0 saturated carbocycles. The molecule has 0 aliphatic rings. The Kier molecular flexibility index (Phi) is 5.72. The van der Waals surface area contributed by atoms with E-state index in [2.05, 4.69) is 6.92 Å². The summed E-state index contributed by atoms with van der Waals surface area (Å²) in [6, 6.07) is 5.73. The Hall–Kier alpha value is -1.22. The van der Waals surface area contributed by atoms with Crippen molar-refractivity contribution in [3.63, 3.8) is 0 Å². The first-order valence-corrected chi connectivity index (χ1v) is 5.95. The lowest BCUT2D eigenvalue weighted by molar-refractivity contribution is 0.129. The highest BCUT2D eigenvalue weighted by molar-refractivity contribution is 5.54. The van der Waals surface area contributed by atoms with Crippen molar-refractivity contribution in [1.82, 2.24) is 0 Å². The van der Waals surface area contributed by atoms with E-state index in [1.807, 2.05) is 12.1 Å². The van der Waals surface area contributed by atoms with E-state index in [1.165, 1.54) is 12.0 Å². The lowest BCUT2D eigenvalue weighted by Crippen LogP contribution is -1.99. The third-order valence-corrected chi connectivity index (χ3v) is 2.43. The summed E-state index contributed by atoms with van der Waals surface area (Å²) in [5.74, 6) is 0. The summed E-state index contributed by atoms with van der Waals surface area (Å²) in [5.41, 5.74) is 14.1. The standard InChI is InChI=1S/C13H22N2O/c1-2-3-6-16-7-4-5-11-8-12(14)10-13(15)9-11/h8-10H,2-7,14-15H2,1H3. The van der Waals surface area contributed by atoms with Gasteiger partial charge in [-0.25, -0.2) is 0 Å². The van der Waals surface area contributed by atoms with E-state index >= 15 is 0 Å². The molecule has 0 unspecified atom stereocenters. The first kappa shape index (κ1) is 12.8. The summed E-state index contributed by atoms with van der Waals surface area (Å²) in [6.07, 6.45) is 4.32. The molecule has 1 rings (SSSR count). The molecule has 0 amide bonds. The number of nitrogens with two attached hydrogens (primary N) is 2. The van der Waals surface area contributed by atoms with Crippen molar-refractivity contribution in [3.05, 3.63) is 23.8 Å². The fraction of sp³-hybridized carbons (Fsp3) is 0.538. The Balaban J connectivity index is 2.21. The van der Waals surface area contributed by atoms with Gasteiger partial charge in [-0.05, 0) is 43.0 Å². The molecule has 0 aromatic heterocycles. The zero-order valence-corrected chi connectivity index (χ0v) is 10.0. The van der Waals surface area contributed by atoms with Crippen molar-refractivity contribution < 1.29 is 4.74 Å². The van der Waals surface area contributed by atoms with Gasteiger partial charge in [-0.2, -0.15) is 0 Å². The second-order valence-electron chi connectivity index (χ2n) is 4.08. The SMILES string of the molecule is CCCCOCCCc1cc(N)cc(N)c1. The number of benzene rings is 1. The van der Waals surface area contributed by atoms with Gasteiger partial charge in [-0.15, -0.1) is 0 Å². The van der Waals surface area contributed by atoms with Crippen LogP contribution in [0.5, 0.6) is 0 Å². The van der Waals surface area contributed by atoms with E-state index < -0.39 is 0 Å². The van der Waals surface area contributed by atoms with E-state index in [-0.39, 0.29) is 0 Å². The lowest BCUT2D eigenvalue weighted by atomic mass is 10.1. The molecule has 0 saturated heterocycles. The van der Waals surface area contributed by atoms with Crippen LogP contribution in [0, 0.1) is 0 Å². The lowest BCUT2D eigenvalue weighted by Gasteiger charge is -2.05. The summed E-state index contributed by atoms with van der Waals surface area (Å²) in [7, 11) is 0. The van der Waals surface area contributed by atoms with Gasteiger partial charge in [0.05, 0.1) is 0 Å². The first-order valence-electron chi connectivity index (χ1n) is 5.95. The second-order valence-corrected chi connectivity index (χ2v) is 4.08. The maximum Gasteiger partial charge on any atom is 0.0469 e. The average molecular weight is 222 g/mol. The Morgan fingerprint density at radius 2 is 1.62 bits per heavy atom. The highest BCUT2D eigenvalue weighted by Gasteiger charge is 1.97. The van der Waals surface area contributed by atoms with E-state index in [4.69, 9.17) is 16.2 Å². The third-order valence-electron chi connectivity index (χ3n) is 2.43. The number of ether oxygens (including phenoxy) is 1. The van der Waals surface area contributed by atoms with Gasteiger partial charge in [-0.1, -0.05) is 13.3 Å². The minimum absolute atomic E-state index is 0.738. The van der Waals surface area contributed by atoms with Gasteiger partial charge in [0.25, 0.3) is 0 Å². The summed E-state index contributed by atoms with van der Waals surface area (Å²) in [6.45, 7) is 3.85. The average Bonchev–Trinajstić information content (AvgIpc) is 2.22. The van der Waals surface area contributed by atoms with Gasteiger partial charge in [0.15, 0.2) is 0 Å². The van der Waals surface area contributed by atoms with Gasteiger partial charge in [0, 0.05) is 24.6 Å². The van der Waals surface area contributed by atoms with Crippen molar-refractivity contribution >= 4 is 11.4 Å². The maximum atomic E-state index is 5.72. The molecule has 16 heavy (non-hydrogen) atoms. The van der Waals surface area contributed by atoms with Gasteiger partial charge in [0.1, 0.15) is 0 Å². The molecule has 0 aliphatic carbocycles. The number of aryl methyl sites for hydroxylation is 1. The fourth-order valence-electron chi connectivity index (χ4n) is 1.62. The highest BCUT2D eigenvalue weighted by atomic mass is 16.5. The third kappa shape index (κ3) is 5.03. The summed E-state index contributed by atoms with van der Waals surface area (Å²) in [4.78, 5) is 0. The quantitative estimate of drug-likeness (QED) is 0.550. The Morgan fingerprint density at radius 1 is 1.00 bits per heavy atom. The zero-order chi connectivity index (χ0) is 11.8. The number of rotatable bonds is 7. The minimum Gasteiger partial charge on any atom is -0.399 e. The van der Waals surface area contributed by atoms with Crippen LogP contribution in [0.1, 0.15) is 31.7 Å². The van der Waals surface area contributed by atoms with E-state index in [9.17, 15) is 0 Å². The largest absolute Gasteiger partial charge is 0.399 e. The van der Waals surface area contributed by atoms with Crippen molar-refractivity contribution in [2.75, 3.05) is 24.7 Å². The molecule has 0 fully saturated rings. The van der Waals surface area contributed by atoms with Gasteiger partial charge in [-0.3, -0.25) is 0 Å². The predicted molar refractivity (Wildman–Crippen MR) is 69.3 cm³/mol. The molecule has 0 radical (unpaired) electrons. The molecule has 1 aromatic rings. The molecular formula is C13H22N2O. The second kappa shape index (κ2) is 7.12. The fourth-order valence-corrected chi connectivity index (χ4v) is 1.62. The normalized spacial score (nSPS) is 10.6. The Labute approximate surface area is 97.8 Å². The summed E-state index contributed by atoms with van der Waals surface area (Å²) < 4.78 is 5.49. The number of anilines is 2. The predicted octanol–water partition coefficient (Wildman–Crippen LogP) is 2.60. The van der Waals surface area contributed by atoms with Crippen LogP contribution >= 0.6 is 0 Å². The summed E-state index contributed by atoms with van der Waals surface area (Å²) >= 11 is 0. The van der Waals surface area contributed by atoms with Gasteiger partial charge < -0.3 is 16.2 Å². The van der Waals surface area contributed by atoms with E-state index in [0.717, 1.165) is 43.9 Å². The number of unbranched alkanes of at least 4 members (excludes halogenated alkanes) is 1. The Morgan fingerprint density at radius 3 is 2.25 bits per heavy atom. The van der Waals surface area contributed by atoms with Crippen LogP contribution < -0.4 is 11.5 Å². The number of nitrogen functional groups attached to an aromatic ring is 2. The molecule has 90 valence electrons. The number of hydrogen-bond acceptors (Lipinski definition) is 3. The molecule has 4 N–H and O–H groups in total. The topological polar surface area (TPSA) is 61.3 Å². The molecule has 0 atom stereocenters. The number of hydrogen-bond donors (Lipinski definition) is 2. The van der Waals surface area contributed by atoms with Crippen LogP contribution in [-0.2, 0) is 11.2 Å².